The zero-order valence-electron chi connectivity index (χ0n) is 17.1. The lowest BCUT2D eigenvalue weighted by atomic mass is 10.0. The highest BCUT2D eigenvalue weighted by molar-refractivity contribution is 5.97. The van der Waals surface area contributed by atoms with Crippen molar-refractivity contribution < 1.29 is 24.2 Å². The van der Waals surface area contributed by atoms with Crippen molar-refractivity contribution >= 4 is 17.8 Å². The minimum atomic E-state index is -0.613. The number of rotatable bonds is 3. The van der Waals surface area contributed by atoms with Gasteiger partial charge in [0.1, 0.15) is 36.1 Å². The number of ether oxygens (including phenoxy) is 2. The Balaban J connectivity index is 1.86. The highest BCUT2D eigenvalue weighted by Gasteiger charge is 2.19. The van der Waals surface area contributed by atoms with Crippen LogP contribution < -0.4 is 4.74 Å². The first-order valence-electron chi connectivity index (χ1n) is 10.1. The number of esters is 1. The quantitative estimate of drug-likeness (QED) is 0.558. The van der Waals surface area contributed by atoms with E-state index in [1.165, 1.54) is 6.07 Å². The fourth-order valence-corrected chi connectivity index (χ4v) is 3.13. The average molecular weight is 406 g/mol. The van der Waals surface area contributed by atoms with Crippen molar-refractivity contribution in [3.8, 4) is 11.5 Å². The van der Waals surface area contributed by atoms with Gasteiger partial charge in [-0.05, 0) is 42.5 Å². The largest absolute Gasteiger partial charge is 0.507 e. The van der Waals surface area contributed by atoms with Gasteiger partial charge in [-0.25, -0.2) is 4.79 Å². The molecule has 1 aliphatic heterocycles. The predicted molar refractivity (Wildman–Crippen MR) is 115 cm³/mol. The third kappa shape index (κ3) is 6.08. The molecule has 0 radical (unpaired) electrons. The first-order chi connectivity index (χ1) is 14.5. The van der Waals surface area contributed by atoms with Crippen LogP contribution in [-0.2, 0) is 16.1 Å². The van der Waals surface area contributed by atoms with E-state index < -0.39 is 5.97 Å². The standard InChI is InChI=1S/C25H26O5/c1-18-12-13-21(26)11-7-3-6-10-20-14-22(29-17-19-8-4-2-5-9-19)15-23(27)24(20)25(28)30-16-18/h2,4-6,8-10,12,14-15,27H,3,7,11,13,16-17H2,1H3. The van der Waals surface area contributed by atoms with Gasteiger partial charge in [-0.2, -0.15) is 0 Å². The van der Waals surface area contributed by atoms with Gasteiger partial charge in [0.15, 0.2) is 0 Å². The fraction of sp³-hybridized carbons (Fsp3) is 0.280. The number of phenols is 1. The van der Waals surface area contributed by atoms with Gasteiger partial charge < -0.3 is 14.6 Å². The third-order valence-electron chi connectivity index (χ3n) is 4.81. The van der Waals surface area contributed by atoms with Gasteiger partial charge in [-0.1, -0.05) is 48.6 Å². The molecule has 0 amide bonds. The molecule has 156 valence electrons. The van der Waals surface area contributed by atoms with Crippen molar-refractivity contribution in [3.63, 3.8) is 0 Å². The molecular weight excluding hydrogens is 380 g/mol. The van der Waals surface area contributed by atoms with Crippen LogP contribution in [0, 0.1) is 0 Å². The molecule has 1 heterocycles. The fourth-order valence-electron chi connectivity index (χ4n) is 3.13. The number of allylic oxidation sites excluding steroid dienone is 2. The Hall–Kier alpha value is -3.34. The normalized spacial score (nSPS) is 15.6. The molecule has 0 bridgehead atoms. The van der Waals surface area contributed by atoms with Crippen molar-refractivity contribution in [1.82, 2.24) is 0 Å². The van der Waals surface area contributed by atoms with Crippen LogP contribution in [0.25, 0.3) is 6.08 Å². The molecule has 2 aromatic rings. The lowest BCUT2D eigenvalue weighted by molar-refractivity contribution is -0.118. The molecule has 2 aromatic carbocycles. The van der Waals surface area contributed by atoms with Crippen molar-refractivity contribution in [2.24, 2.45) is 0 Å². The summed E-state index contributed by atoms with van der Waals surface area (Å²) in [7, 11) is 0. The van der Waals surface area contributed by atoms with Crippen molar-refractivity contribution in [2.45, 2.75) is 39.2 Å². The van der Waals surface area contributed by atoms with Crippen LogP contribution in [0.2, 0.25) is 0 Å². The van der Waals surface area contributed by atoms with Gasteiger partial charge >= 0.3 is 5.97 Å². The third-order valence-corrected chi connectivity index (χ3v) is 4.81. The molecule has 0 aliphatic carbocycles. The predicted octanol–water partition coefficient (Wildman–Crippen LogP) is 5.23. The minimum absolute atomic E-state index is 0.0704. The second kappa shape index (κ2) is 10.4. The molecule has 30 heavy (non-hydrogen) atoms. The molecule has 5 nitrogen and oxygen atoms in total. The van der Waals surface area contributed by atoms with Crippen molar-refractivity contribution in [1.29, 1.82) is 0 Å². The Labute approximate surface area is 176 Å². The SMILES string of the molecule is CC1=CCC(=O)CCCC=Cc2cc(OCc3ccccc3)cc(O)c2C(=O)OC1. The molecule has 0 spiro atoms. The Morgan fingerprint density at radius 1 is 1.13 bits per heavy atom. The van der Waals surface area contributed by atoms with Crippen molar-refractivity contribution in [3.05, 3.63) is 76.9 Å². The summed E-state index contributed by atoms with van der Waals surface area (Å²) in [5.74, 6) is -0.173. The van der Waals surface area contributed by atoms with Crippen LogP contribution in [-0.4, -0.2) is 23.5 Å². The summed E-state index contributed by atoms with van der Waals surface area (Å²) in [6.07, 6.45) is 7.73. The van der Waals surface area contributed by atoms with Gasteiger partial charge in [-0.3, -0.25) is 4.79 Å². The van der Waals surface area contributed by atoms with E-state index in [0.29, 0.717) is 37.2 Å². The van der Waals surface area contributed by atoms with E-state index in [1.54, 1.807) is 18.2 Å². The molecule has 1 N–H and O–H groups in total. The monoisotopic (exact) mass is 406 g/mol. The van der Waals surface area contributed by atoms with Crippen LogP contribution in [0.3, 0.4) is 0 Å². The molecule has 0 atom stereocenters. The highest BCUT2D eigenvalue weighted by atomic mass is 16.5. The first kappa shape index (κ1) is 21.4. The summed E-state index contributed by atoms with van der Waals surface area (Å²) < 4.78 is 11.2. The summed E-state index contributed by atoms with van der Waals surface area (Å²) in [5.41, 5.74) is 2.43. The number of hydrogen-bond donors (Lipinski definition) is 1. The van der Waals surface area contributed by atoms with Gasteiger partial charge in [0.25, 0.3) is 0 Å². The second-order valence-electron chi connectivity index (χ2n) is 7.34. The number of ketones is 1. The van der Waals surface area contributed by atoms with E-state index >= 15 is 0 Å². The van der Waals surface area contributed by atoms with Gasteiger partial charge in [0.2, 0.25) is 0 Å². The number of benzene rings is 2. The molecule has 0 unspecified atom stereocenters. The van der Waals surface area contributed by atoms with E-state index in [0.717, 1.165) is 17.6 Å². The Morgan fingerprint density at radius 2 is 1.93 bits per heavy atom. The number of cyclic esters (lactones) is 1. The second-order valence-corrected chi connectivity index (χ2v) is 7.34. The Morgan fingerprint density at radius 3 is 2.73 bits per heavy atom. The molecule has 1 aliphatic rings. The topological polar surface area (TPSA) is 72.8 Å². The summed E-state index contributed by atoms with van der Waals surface area (Å²) in [6.45, 7) is 2.23. The number of carbonyl (C=O) groups excluding carboxylic acids is 2. The number of Topliss-reactive ketones (excluding diaryl/α,β-unsaturated/α-hetero) is 1. The van der Waals surface area contributed by atoms with E-state index in [-0.39, 0.29) is 23.7 Å². The molecular formula is C25H26O5. The van der Waals surface area contributed by atoms with E-state index in [9.17, 15) is 14.7 Å². The maximum Gasteiger partial charge on any atom is 0.342 e. The highest BCUT2D eigenvalue weighted by Crippen LogP contribution is 2.30. The molecule has 3 rings (SSSR count). The lowest BCUT2D eigenvalue weighted by Crippen LogP contribution is -2.10. The van der Waals surface area contributed by atoms with Gasteiger partial charge in [0.05, 0.1) is 0 Å². The molecule has 0 saturated carbocycles. The number of fused-ring (bicyclic) bond motifs is 1. The van der Waals surface area contributed by atoms with Crippen LogP contribution in [0.1, 0.15) is 54.1 Å². The number of phenolic OH excluding ortho intramolecular Hbond substituents is 1. The Kier molecular flexibility index (Phi) is 7.44. The van der Waals surface area contributed by atoms with Crippen LogP contribution in [0.15, 0.2) is 60.2 Å². The average Bonchev–Trinajstić information content (AvgIpc) is 2.74. The van der Waals surface area contributed by atoms with Crippen LogP contribution in [0.5, 0.6) is 11.5 Å². The van der Waals surface area contributed by atoms with Crippen LogP contribution >= 0.6 is 0 Å². The zero-order valence-corrected chi connectivity index (χ0v) is 17.1. The van der Waals surface area contributed by atoms with E-state index in [1.807, 2.05) is 43.3 Å². The van der Waals surface area contributed by atoms with Crippen LogP contribution in [0.4, 0.5) is 0 Å². The summed E-state index contributed by atoms with van der Waals surface area (Å²) in [6, 6.07) is 12.8. The van der Waals surface area contributed by atoms with Crippen molar-refractivity contribution in [2.75, 3.05) is 6.61 Å². The van der Waals surface area contributed by atoms with E-state index in [2.05, 4.69) is 0 Å². The number of aromatic hydroxyl groups is 1. The molecule has 5 heteroatoms. The number of carbonyl (C=O) groups is 2. The zero-order chi connectivity index (χ0) is 21.3. The van der Waals surface area contributed by atoms with Gasteiger partial charge in [-0.15, -0.1) is 0 Å². The smallest absolute Gasteiger partial charge is 0.342 e. The maximum absolute atomic E-state index is 12.6. The summed E-state index contributed by atoms with van der Waals surface area (Å²) >= 11 is 0. The Bertz CT molecular complexity index is 957. The summed E-state index contributed by atoms with van der Waals surface area (Å²) in [5, 5.41) is 10.5. The minimum Gasteiger partial charge on any atom is -0.507 e. The molecule has 0 saturated heterocycles. The molecule has 0 aromatic heterocycles. The van der Waals surface area contributed by atoms with Gasteiger partial charge in [0, 0.05) is 18.9 Å². The lowest BCUT2D eigenvalue weighted by Gasteiger charge is -2.13. The number of hydrogen-bond acceptors (Lipinski definition) is 5. The maximum atomic E-state index is 12.6. The summed E-state index contributed by atoms with van der Waals surface area (Å²) in [4.78, 5) is 24.6. The molecule has 0 fully saturated rings. The first-order valence-corrected chi connectivity index (χ1v) is 10.1. The van der Waals surface area contributed by atoms with E-state index in [4.69, 9.17) is 9.47 Å².